The molecule has 0 aromatic carbocycles. The second-order valence-electron chi connectivity index (χ2n) is 2.88. The van der Waals surface area contributed by atoms with Crippen molar-refractivity contribution in [3.05, 3.63) is 5.82 Å². The smallest absolute Gasteiger partial charge is 0.190 e. The third-order valence-corrected chi connectivity index (χ3v) is 2.83. The van der Waals surface area contributed by atoms with Crippen LogP contribution in [0.3, 0.4) is 0 Å². The molecule has 0 saturated carbocycles. The van der Waals surface area contributed by atoms with Gasteiger partial charge in [-0.3, -0.25) is 0 Å². The van der Waals surface area contributed by atoms with Crippen LogP contribution < -0.4 is 5.73 Å². The van der Waals surface area contributed by atoms with Gasteiger partial charge >= 0.3 is 0 Å². The number of hydrogen-bond donors (Lipinski definition) is 1. The van der Waals surface area contributed by atoms with Crippen molar-refractivity contribution in [1.29, 1.82) is 0 Å². The van der Waals surface area contributed by atoms with Gasteiger partial charge in [-0.2, -0.15) is 0 Å². The van der Waals surface area contributed by atoms with E-state index >= 15 is 0 Å². The van der Waals surface area contributed by atoms with Gasteiger partial charge in [0.15, 0.2) is 5.16 Å². The minimum atomic E-state index is 0.201. The molecular weight excluding hydrogens is 172 g/mol. The van der Waals surface area contributed by atoms with E-state index in [0.717, 1.165) is 16.7 Å². The van der Waals surface area contributed by atoms with Crippen molar-refractivity contribution < 1.29 is 0 Å². The van der Waals surface area contributed by atoms with E-state index in [2.05, 4.69) is 10.2 Å². The zero-order valence-electron chi connectivity index (χ0n) is 7.61. The first-order valence-corrected chi connectivity index (χ1v) is 4.84. The van der Waals surface area contributed by atoms with Crippen LogP contribution in [0.5, 0.6) is 0 Å². The maximum atomic E-state index is 5.62. The molecule has 0 radical (unpaired) electrons. The van der Waals surface area contributed by atoms with E-state index in [4.69, 9.17) is 5.73 Å². The number of rotatable bonds is 3. The van der Waals surface area contributed by atoms with E-state index in [1.165, 1.54) is 0 Å². The Bertz CT molecular complexity index is 256. The van der Waals surface area contributed by atoms with Crippen molar-refractivity contribution in [2.24, 2.45) is 12.8 Å². The van der Waals surface area contributed by atoms with Gasteiger partial charge < -0.3 is 10.3 Å². The summed E-state index contributed by atoms with van der Waals surface area (Å²) in [5, 5.41) is 8.89. The Balaban J connectivity index is 2.58. The number of aryl methyl sites for hydroxylation is 1. The monoisotopic (exact) mass is 186 g/mol. The molecule has 68 valence electrons. The highest BCUT2D eigenvalue weighted by molar-refractivity contribution is 7.99. The molecule has 0 saturated heterocycles. The Hall–Kier alpha value is -0.550. The van der Waals surface area contributed by atoms with Gasteiger partial charge in [0.25, 0.3) is 0 Å². The van der Waals surface area contributed by atoms with Crippen LogP contribution in [-0.2, 0) is 7.05 Å². The summed E-state index contributed by atoms with van der Waals surface area (Å²) in [6.07, 6.45) is 0. The van der Waals surface area contributed by atoms with Crippen LogP contribution in [0, 0.1) is 6.92 Å². The lowest BCUT2D eigenvalue weighted by molar-refractivity contribution is 0.760. The second-order valence-corrected chi connectivity index (χ2v) is 3.86. The fourth-order valence-corrected chi connectivity index (χ4v) is 1.56. The quantitative estimate of drug-likeness (QED) is 0.701. The lowest BCUT2D eigenvalue weighted by Crippen LogP contribution is -2.17. The van der Waals surface area contributed by atoms with Crippen LogP contribution in [-0.4, -0.2) is 26.6 Å². The molecule has 0 aliphatic rings. The minimum absolute atomic E-state index is 0.201. The number of aromatic nitrogens is 3. The average molecular weight is 186 g/mol. The van der Waals surface area contributed by atoms with Crippen molar-refractivity contribution in [2.75, 3.05) is 5.75 Å². The first kappa shape index (κ1) is 9.54. The lowest BCUT2D eigenvalue weighted by atomic mass is 10.4. The van der Waals surface area contributed by atoms with E-state index in [-0.39, 0.29) is 6.04 Å². The molecule has 0 amide bonds. The Kier molecular flexibility index (Phi) is 3.11. The molecule has 1 aromatic rings. The van der Waals surface area contributed by atoms with Gasteiger partial charge in [-0.15, -0.1) is 10.2 Å². The number of nitrogens with two attached hydrogens (primary N) is 1. The van der Waals surface area contributed by atoms with Gasteiger partial charge in [0, 0.05) is 18.8 Å². The molecule has 0 bridgehead atoms. The number of nitrogens with zero attached hydrogens (tertiary/aromatic N) is 3. The van der Waals surface area contributed by atoms with Crippen molar-refractivity contribution >= 4 is 11.8 Å². The summed E-state index contributed by atoms with van der Waals surface area (Å²) in [7, 11) is 1.96. The summed E-state index contributed by atoms with van der Waals surface area (Å²) >= 11 is 1.64. The van der Waals surface area contributed by atoms with Crippen molar-refractivity contribution in [2.45, 2.75) is 25.0 Å². The first-order valence-electron chi connectivity index (χ1n) is 3.85. The van der Waals surface area contributed by atoms with E-state index in [0.29, 0.717) is 0 Å². The fraction of sp³-hybridized carbons (Fsp3) is 0.714. The summed E-state index contributed by atoms with van der Waals surface area (Å²) in [6, 6.07) is 0.201. The Labute approximate surface area is 76.5 Å². The van der Waals surface area contributed by atoms with Gasteiger partial charge in [0.05, 0.1) is 0 Å². The zero-order chi connectivity index (χ0) is 9.14. The van der Waals surface area contributed by atoms with Crippen LogP contribution in [0.2, 0.25) is 0 Å². The highest BCUT2D eigenvalue weighted by atomic mass is 32.2. The summed E-state index contributed by atoms with van der Waals surface area (Å²) in [6.45, 7) is 3.92. The van der Waals surface area contributed by atoms with Crippen molar-refractivity contribution in [3.63, 3.8) is 0 Å². The number of thioether (sulfide) groups is 1. The number of hydrogen-bond acceptors (Lipinski definition) is 4. The van der Waals surface area contributed by atoms with E-state index in [1.807, 2.05) is 25.5 Å². The normalized spacial score (nSPS) is 13.3. The average Bonchev–Trinajstić information content (AvgIpc) is 2.30. The highest BCUT2D eigenvalue weighted by Gasteiger charge is 2.05. The third-order valence-electron chi connectivity index (χ3n) is 1.53. The Morgan fingerprint density at radius 2 is 2.25 bits per heavy atom. The van der Waals surface area contributed by atoms with Crippen LogP contribution in [0.15, 0.2) is 5.16 Å². The van der Waals surface area contributed by atoms with Crippen LogP contribution >= 0.6 is 11.8 Å². The molecule has 0 fully saturated rings. The predicted molar refractivity (Wildman–Crippen MR) is 50.1 cm³/mol. The molecule has 2 N–H and O–H groups in total. The molecule has 0 aliphatic carbocycles. The molecule has 12 heavy (non-hydrogen) atoms. The van der Waals surface area contributed by atoms with Crippen LogP contribution in [0.4, 0.5) is 0 Å². The topological polar surface area (TPSA) is 56.7 Å². The maximum absolute atomic E-state index is 5.62. The molecule has 0 spiro atoms. The van der Waals surface area contributed by atoms with Gasteiger partial charge in [0.2, 0.25) is 0 Å². The van der Waals surface area contributed by atoms with Gasteiger partial charge in [0.1, 0.15) is 5.82 Å². The van der Waals surface area contributed by atoms with Crippen LogP contribution in [0.25, 0.3) is 0 Å². The summed E-state index contributed by atoms with van der Waals surface area (Å²) < 4.78 is 1.97. The van der Waals surface area contributed by atoms with Gasteiger partial charge in [-0.05, 0) is 13.8 Å². The lowest BCUT2D eigenvalue weighted by Gasteiger charge is -2.03. The molecule has 5 heteroatoms. The zero-order valence-corrected chi connectivity index (χ0v) is 8.43. The van der Waals surface area contributed by atoms with Crippen molar-refractivity contribution in [1.82, 2.24) is 14.8 Å². The van der Waals surface area contributed by atoms with E-state index in [1.54, 1.807) is 11.8 Å². The highest BCUT2D eigenvalue weighted by Crippen LogP contribution is 2.15. The van der Waals surface area contributed by atoms with Gasteiger partial charge in [-0.25, -0.2) is 0 Å². The summed E-state index contributed by atoms with van der Waals surface area (Å²) in [5.41, 5.74) is 5.62. The third kappa shape index (κ3) is 2.22. The molecule has 1 atom stereocenters. The Morgan fingerprint density at radius 1 is 1.58 bits per heavy atom. The summed E-state index contributed by atoms with van der Waals surface area (Å²) in [4.78, 5) is 0. The first-order chi connectivity index (χ1) is 5.61. The molecular formula is C7H14N4S. The minimum Gasteiger partial charge on any atom is -0.327 e. The Morgan fingerprint density at radius 3 is 2.67 bits per heavy atom. The second kappa shape index (κ2) is 3.91. The van der Waals surface area contributed by atoms with Gasteiger partial charge in [-0.1, -0.05) is 11.8 Å². The predicted octanol–water partition coefficient (Wildman–Crippen LogP) is 0.563. The van der Waals surface area contributed by atoms with E-state index < -0.39 is 0 Å². The largest absolute Gasteiger partial charge is 0.327 e. The van der Waals surface area contributed by atoms with Crippen molar-refractivity contribution in [3.8, 4) is 0 Å². The van der Waals surface area contributed by atoms with E-state index in [9.17, 15) is 0 Å². The fourth-order valence-electron chi connectivity index (χ4n) is 0.719. The molecule has 1 aromatic heterocycles. The molecule has 0 aliphatic heterocycles. The molecule has 0 unspecified atom stereocenters. The maximum Gasteiger partial charge on any atom is 0.190 e. The SMILES string of the molecule is Cc1nnc(SC[C@H](C)N)n1C. The van der Waals surface area contributed by atoms with Crippen LogP contribution in [0.1, 0.15) is 12.7 Å². The molecule has 1 heterocycles. The molecule has 1 rings (SSSR count). The standard InChI is InChI=1S/C7H14N4S/c1-5(8)4-12-7-10-9-6(2)11(7)3/h5H,4,8H2,1-3H3/t5-/m0/s1. The molecule has 4 nitrogen and oxygen atoms in total. The summed E-state index contributed by atoms with van der Waals surface area (Å²) in [5.74, 6) is 1.81.